The monoisotopic (exact) mass is 344 g/mol. The lowest BCUT2D eigenvalue weighted by atomic mass is 9.94. The van der Waals surface area contributed by atoms with E-state index in [2.05, 4.69) is 39.6 Å². The van der Waals surface area contributed by atoms with E-state index >= 15 is 0 Å². The van der Waals surface area contributed by atoms with Gasteiger partial charge in [-0.1, -0.05) is 6.92 Å². The topological polar surface area (TPSA) is 39.7 Å². The van der Waals surface area contributed by atoms with Crippen LogP contribution in [-0.2, 0) is 4.79 Å². The first-order valence-electron chi connectivity index (χ1n) is 9.85. The van der Waals surface area contributed by atoms with Crippen LogP contribution in [0.4, 0.5) is 5.69 Å². The first-order chi connectivity index (χ1) is 12.2. The predicted octanol–water partition coefficient (Wildman–Crippen LogP) is 2.55. The molecule has 5 heteroatoms. The second kappa shape index (κ2) is 8.65. The number of carbonyl (C=O) groups excluding carboxylic acids is 1. The van der Waals surface area contributed by atoms with Crippen LogP contribution in [0.2, 0.25) is 0 Å². The Bertz CT molecular complexity index is 569. The third-order valence-corrected chi connectivity index (χ3v) is 5.62. The molecule has 0 bridgehead atoms. The fourth-order valence-electron chi connectivity index (χ4n) is 4.18. The summed E-state index contributed by atoms with van der Waals surface area (Å²) in [6.45, 7) is 11.4. The summed E-state index contributed by atoms with van der Waals surface area (Å²) in [4.78, 5) is 24.2. The molecule has 138 valence electrons. The van der Waals surface area contributed by atoms with Crippen LogP contribution in [0.25, 0.3) is 0 Å². The number of rotatable bonds is 4. The number of hydrogen-bond acceptors (Lipinski definition) is 4. The van der Waals surface area contributed by atoms with Gasteiger partial charge >= 0.3 is 0 Å². The van der Waals surface area contributed by atoms with Gasteiger partial charge in [-0.05, 0) is 57.3 Å². The zero-order chi connectivity index (χ0) is 17.6. The summed E-state index contributed by atoms with van der Waals surface area (Å²) in [5.74, 6) is 0.598. The Balaban J connectivity index is 1.52. The van der Waals surface area contributed by atoms with Gasteiger partial charge in [0, 0.05) is 56.7 Å². The molecule has 0 saturated carbocycles. The van der Waals surface area contributed by atoms with Crippen LogP contribution in [-0.4, -0.2) is 66.5 Å². The Morgan fingerprint density at radius 2 is 1.96 bits per heavy atom. The van der Waals surface area contributed by atoms with Crippen LogP contribution >= 0.6 is 0 Å². The molecule has 2 aliphatic rings. The molecule has 0 unspecified atom stereocenters. The molecule has 0 N–H and O–H groups in total. The van der Waals surface area contributed by atoms with Crippen LogP contribution in [0.5, 0.6) is 0 Å². The highest BCUT2D eigenvalue weighted by Crippen LogP contribution is 2.26. The van der Waals surface area contributed by atoms with Crippen molar-refractivity contribution in [3.63, 3.8) is 0 Å². The fourth-order valence-corrected chi connectivity index (χ4v) is 4.18. The molecule has 5 nitrogen and oxygen atoms in total. The van der Waals surface area contributed by atoms with Crippen molar-refractivity contribution in [1.29, 1.82) is 0 Å². The van der Waals surface area contributed by atoms with Gasteiger partial charge < -0.3 is 14.7 Å². The molecular formula is C20H32N4O. The molecule has 0 radical (unpaired) electrons. The maximum Gasteiger partial charge on any atom is 0.225 e. The summed E-state index contributed by atoms with van der Waals surface area (Å²) >= 11 is 0. The standard InChI is InChI=1S/C20H32N4O/c1-3-9-22-10-4-11-24(15-14-22)20(25)18-6-12-23(13-7-18)19-5-8-21-16-17(19)2/h5,8,16,18H,3-4,6-7,9-15H2,1-2H3. The van der Waals surface area contributed by atoms with Gasteiger partial charge in [-0.2, -0.15) is 0 Å². The van der Waals surface area contributed by atoms with Crippen molar-refractivity contribution in [1.82, 2.24) is 14.8 Å². The summed E-state index contributed by atoms with van der Waals surface area (Å²) < 4.78 is 0. The molecule has 0 spiro atoms. The number of anilines is 1. The summed E-state index contributed by atoms with van der Waals surface area (Å²) in [5.41, 5.74) is 2.49. The van der Waals surface area contributed by atoms with Gasteiger partial charge in [0.15, 0.2) is 0 Å². The molecule has 2 saturated heterocycles. The van der Waals surface area contributed by atoms with Gasteiger partial charge in [0.25, 0.3) is 0 Å². The first kappa shape index (κ1) is 18.2. The Morgan fingerprint density at radius 3 is 2.68 bits per heavy atom. The van der Waals surface area contributed by atoms with Crippen molar-refractivity contribution in [2.75, 3.05) is 50.7 Å². The highest BCUT2D eigenvalue weighted by atomic mass is 16.2. The van der Waals surface area contributed by atoms with E-state index in [0.29, 0.717) is 5.91 Å². The third kappa shape index (κ3) is 4.51. The van der Waals surface area contributed by atoms with Crippen molar-refractivity contribution in [3.05, 3.63) is 24.0 Å². The van der Waals surface area contributed by atoms with Crippen LogP contribution in [0.15, 0.2) is 18.5 Å². The summed E-state index contributed by atoms with van der Waals surface area (Å²) in [6.07, 6.45) is 8.03. The van der Waals surface area contributed by atoms with E-state index in [1.807, 2.05) is 12.4 Å². The van der Waals surface area contributed by atoms with E-state index in [1.54, 1.807) is 0 Å². The molecule has 25 heavy (non-hydrogen) atoms. The van der Waals surface area contributed by atoms with Gasteiger partial charge in [-0.25, -0.2) is 0 Å². The summed E-state index contributed by atoms with van der Waals surface area (Å²) in [6, 6.07) is 2.09. The van der Waals surface area contributed by atoms with Crippen molar-refractivity contribution in [2.24, 2.45) is 5.92 Å². The van der Waals surface area contributed by atoms with E-state index in [-0.39, 0.29) is 5.92 Å². The number of aryl methyl sites for hydroxylation is 1. The molecule has 0 aromatic carbocycles. The second-order valence-corrected chi connectivity index (χ2v) is 7.44. The Labute approximate surface area is 152 Å². The fraction of sp³-hybridized carbons (Fsp3) is 0.700. The first-order valence-corrected chi connectivity index (χ1v) is 9.85. The van der Waals surface area contributed by atoms with E-state index in [0.717, 1.165) is 65.1 Å². The number of pyridine rings is 1. The maximum absolute atomic E-state index is 13.0. The minimum Gasteiger partial charge on any atom is -0.371 e. The quantitative estimate of drug-likeness (QED) is 0.842. The average molecular weight is 345 g/mol. The van der Waals surface area contributed by atoms with Crippen molar-refractivity contribution in [2.45, 2.75) is 39.5 Å². The van der Waals surface area contributed by atoms with Crippen LogP contribution in [0, 0.1) is 12.8 Å². The lowest BCUT2D eigenvalue weighted by Gasteiger charge is -2.35. The summed E-state index contributed by atoms with van der Waals surface area (Å²) in [5, 5.41) is 0. The van der Waals surface area contributed by atoms with E-state index in [1.165, 1.54) is 17.7 Å². The Kier molecular flexibility index (Phi) is 6.29. The largest absolute Gasteiger partial charge is 0.371 e. The van der Waals surface area contributed by atoms with E-state index in [9.17, 15) is 4.79 Å². The summed E-state index contributed by atoms with van der Waals surface area (Å²) in [7, 11) is 0. The lowest BCUT2D eigenvalue weighted by Crippen LogP contribution is -2.44. The molecule has 3 rings (SSSR count). The molecule has 2 aliphatic heterocycles. The van der Waals surface area contributed by atoms with Crippen molar-refractivity contribution in [3.8, 4) is 0 Å². The number of carbonyl (C=O) groups is 1. The highest BCUT2D eigenvalue weighted by molar-refractivity contribution is 5.79. The molecule has 3 heterocycles. The SMILES string of the molecule is CCCN1CCCN(C(=O)C2CCN(c3ccncc3C)CC2)CC1. The van der Waals surface area contributed by atoms with Gasteiger partial charge in [0.1, 0.15) is 0 Å². The maximum atomic E-state index is 13.0. The number of piperidine rings is 1. The predicted molar refractivity (Wildman–Crippen MR) is 102 cm³/mol. The normalized spacial score (nSPS) is 20.6. The minimum absolute atomic E-state index is 0.205. The zero-order valence-electron chi connectivity index (χ0n) is 15.8. The highest BCUT2D eigenvalue weighted by Gasteiger charge is 2.29. The number of nitrogens with zero attached hydrogens (tertiary/aromatic N) is 4. The Morgan fingerprint density at radius 1 is 1.16 bits per heavy atom. The molecule has 2 fully saturated rings. The van der Waals surface area contributed by atoms with Crippen LogP contribution in [0.1, 0.15) is 38.2 Å². The van der Waals surface area contributed by atoms with Crippen molar-refractivity contribution < 1.29 is 4.79 Å². The lowest BCUT2D eigenvalue weighted by molar-refractivity contribution is -0.136. The number of aromatic nitrogens is 1. The van der Waals surface area contributed by atoms with Crippen LogP contribution in [0.3, 0.4) is 0 Å². The van der Waals surface area contributed by atoms with Crippen molar-refractivity contribution >= 4 is 11.6 Å². The third-order valence-electron chi connectivity index (χ3n) is 5.62. The van der Waals surface area contributed by atoms with Gasteiger partial charge in [0.05, 0.1) is 0 Å². The Hall–Kier alpha value is -1.62. The van der Waals surface area contributed by atoms with Gasteiger partial charge in [-0.3, -0.25) is 9.78 Å². The van der Waals surface area contributed by atoms with E-state index in [4.69, 9.17) is 0 Å². The van der Waals surface area contributed by atoms with Crippen LogP contribution < -0.4 is 4.90 Å². The zero-order valence-corrected chi connectivity index (χ0v) is 15.8. The molecular weight excluding hydrogens is 312 g/mol. The molecule has 0 aliphatic carbocycles. The molecule has 1 aromatic rings. The molecule has 1 aromatic heterocycles. The number of hydrogen-bond donors (Lipinski definition) is 0. The van der Waals surface area contributed by atoms with Gasteiger partial charge in [-0.15, -0.1) is 0 Å². The molecule has 1 amide bonds. The number of amides is 1. The second-order valence-electron chi connectivity index (χ2n) is 7.44. The molecule has 0 atom stereocenters. The smallest absolute Gasteiger partial charge is 0.225 e. The average Bonchev–Trinajstić information content (AvgIpc) is 2.88. The van der Waals surface area contributed by atoms with Gasteiger partial charge in [0.2, 0.25) is 5.91 Å². The minimum atomic E-state index is 0.205. The van der Waals surface area contributed by atoms with E-state index < -0.39 is 0 Å².